The molecule has 0 aliphatic heterocycles. The molecule has 0 radical (unpaired) electrons. The third-order valence-electron chi connectivity index (χ3n) is 2.80. The summed E-state index contributed by atoms with van der Waals surface area (Å²) in [7, 11) is 0. The van der Waals surface area contributed by atoms with Crippen LogP contribution in [0.5, 0.6) is 5.75 Å². The molecule has 0 bridgehead atoms. The molecular formula is C14H23NOS. The quantitative estimate of drug-likeness (QED) is 0.783. The lowest BCUT2D eigenvalue weighted by atomic mass is 10.1. The molecule has 1 rings (SSSR count). The van der Waals surface area contributed by atoms with Gasteiger partial charge in [-0.25, -0.2) is 0 Å². The van der Waals surface area contributed by atoms with E-state index in [0.29, 0.717) is 17.8 Å². The lowest BCUT2D eigenvalue weighted by Crippen LogP contribution is -2.36. The van der Waals surface area contributed by atoms with E-state index in [-0.39, 0.29) is 0 Å². The summed E-state index contributed by atoms with van der Waals surface area (Å²) in [6.45, 7) is 4.45. The van der Waals surface area contributed by atoms with Crippen molar-refractivity contribution in [3.05, 3.63) is 29.8 Å². The van der Waals surface area contributed by atoms with Crippen LogP contribution in [0.15, 0.2) is 24.3 Å². The van der Waals surface area contributed by atoms with Gasteiger partial charge in [-0.2, -0.15) is 11.8 Å². The van der Waals surface area contributed by atoms with Crippen LogP contribution in [0.4, 0.5) is 0 Å². The van der Waals surface area contributed by atoms with E-state index in [1.807, 2.05) is 23.9 Å². The van der Waals surface area contributed by atoms with Crippen LogP contribution in [-0.2, 0) is 6.42 Å². The zero-order valence-corrected chi connectivity index (χ0v) is 11.8. The Kier molecular flexibility index (Phi) is 6.45. The van der Waals surface area contributed by atoms with Crippen molar-refractivity contribution in [2.24, 2.45) is 0 Å². The van der Waals surface area contributed by atoms with Gasteiger partial charge in [0.1, 0.15) is 5.75 Å². The number of phenols is 1. The molecule has 0 spiro atoms. The molecule has 1 aromatic rings. The molecule has 2 atom stereocenters. The molecule has 0 saturated heterocycles. The van der Waals surface area contributed by atoms with E-state index < -0.39 is 0 Å². The molecule has 2 N–H and O–H groups in total. The Bertz CT molecular complexity index is 313. The molecule has 0 heterocycles. The second kappa shape index (κ2) is 7.62. The van der Waals surface area contributed by atoms with E-state index in [2.05, 4.69) is 25.4 Å². The maximum Gasteiger partial charge on any atom is 0.115 e. The summed E-state index contributed by atoms with van der Waals surface area (Å²) in [6.07, 6.45) is 4.36. The van der Waals surface area contributed by atoms with Crippen molar-refractivity contribution < 1.29 is 5.11 Å². The molecule has 0 aliphatic carbocycles. The second-order valence-corrected chi connectivity index (χ2v) is 5.61. The maximum absolute atomic E-state index is 9.22. The van der Waals surface area contributed by atoms with Crippen LogP contribution >= 0.6 is 11.8 Å². The Balaban J connectivity index is 2.33. The zero-order chi connectivity index (χ0) is 12.7. The van der Waals surface area contributed by atoms with Crippen LogP contribution in [0.25, 0.3) is 0 Å². The Hall–Kier alpha value is -0.670. The summed E-state index contributed by atoms with van der Waals surface area (Å²) < 4.78 is 0. The van der Waals surface area contributed by atoms with Gasteiger partial charge in [0.05, 0.1) is 0 Å². The normalized spacial score (nSPS) is 14.5. The lowest BCUT2D eigenvalue weighted by Gasteiger charge is -2.19. The Morgan fingerprint density at radius 2 is 1.82 bits per heavy atom. The monoisotopic (exact) mass is 253 g/mol. The molecule has 0 saturated carbocycles. The van der Waals surface area contributed by atoms with Gasteiger partial charge in [-0.05, 0) is 56.4 Å². The maximum atomic E-state index is 9.22. The Labute approximate surface area is 109 Å². The van der Waals surface area contributed by atoms with Crippen LogP contribution < -0.4 is 5.32 Å². The van der Waals surface area contributed by atoms with Gasteiger partial charge in [0.2, 0.25) is 0 Å². The number of thioether (sulfide) groups is 1. The summed E-state index contributed by atoms with van der Waals surface area (Å²) in [5, 5.41) is 12.8. The largest absolute Gasteiger partial charge is 0.508 e. The van der Waals surface area contributed by atoms with Gasteiger partial charge in [0.25, 0.3) is 0 Å². The molecule has 2 unspecified atom stereocenters. The number of phenolic OH excluding ortho intramolecular Hbond substituents is 1. The van der Waals surface area contributed by atoms with Crippen LogP contribution in [0, 0.1) is 0 Å². The highest BCUT2D eigenvalue weighted by Crippen LogP contribution is 2.11. The van der Waals surface area contributed by atoms with Gasteiger partial charge in [-0.15, -0.1) is 0 Å². The van der Waals surface area contributed by atoms with Gasteiger partial charge in [0.15, 0.2) is 0 Å². The smallest absolute Gasteiger partial charge is 0.115 e. The summed E-state index contributed by atoms with van der Waals surface area (Å²) in [6, 6.07) is 8.50. The average Bonchev–Trinajstić information content (AvgIpc) is 2.29. The fourth-order valence-corrected chi connectivity index (χ4v) is 2.50. The van der Waals surface area contributed by atoms with Crippen molar-refractivity contribution in [3.63, 3.8) is 0 Å². The number of hydrogen-bond acceptors (Lipinski definition) is 3. The summed E-state index contributed by atoms with van der Waals surface area (Å²) in [5.41, 5.74) is 1.26. The predicted octanol–water partition coefficient (Wildman–Crippen LogP) is 3.05. The Morgan fingerprint density at radius 3 is 2.41 bits per heavy atom. The molecule has 0 fully saturated rings. The van der Waals surface area contributed by atoms with Gasteiger partial charge >= 0.3 is 0 Å². The van der Waals surface area contributed by atoms with E-state index in [0.717, 1.165) is 6.42 Å². The highest BCUT2D eigenvalue weighted by Gasteiger charge is 2.07. The lowest BCUT2D eigenvalue weighted by molar-refractivity contribution is 0.456. The van der Waals surface area contributed by atoms with Gasteiger partial charge < -0.3 is 10.4 Å². The molecule has 17 heavy (non-hydrogen) atoms. The van der Waals surface area contributed by atoms with Crippen molar-refractivity contribution in [2.75, 3.05) is 12.0 Å². The number of hydrogen-bond donors (Lipinski definition) is 2. The molecule has 0 aliphatic rings. The van der Waals surface area contributed by atoms with E-state index in [1.165, 1.54) is 17.7 Å². The molecule has 0 amide bonds. The SMILES string of the molecule is CSCCC(C)NC(C)Cc1ccc(O)cc1. The van der Waals surface area contributed by atoms with Crippen LogP contribution in [0.1, 0.15) is 25.8 Å². The molecule has 96 valence electrons. The van der Waals surface area contributed by atoms with E-state index in [9.17, 15) is 5.11 Å². The van der Waals surface area contributed by atoms with E-state index >= 15 is 0 Å². The Morgan fingerprint density at radius 1 is 1.18 bits per heavy atom. The molecule has 2 nitrogen and oxygen atoms in total. The van der Waals surface area contributed by atoms with Crippen molar-refractivity contribution in [1.82, 2.24) is 5.32 Å². The highest BCUT2D eigenvalue weighted by atomic mass is 32.2. The van der Waals surface area contributed by atoms with Crippen molar-refractivity contribution in [3.8, 4) is 5.75 Å². The van der Waals surface area contributed by atoms with Crippen LogP contribution in [0.3, 0.4) is 0 Å². The highest BCUT2D eigenvalue weighted by molar-refractivity contribution is 7.98. The minimum Gasteiger partial charge on any atom is -0.508 e. The third-order valence-corrected chi connectivity index (χ3v) is 3.45. The first-order valence-electron chi connectivity index (χ1n) is 6.14. The third kappa shape index (κ3) is 5.99. The summed E-state index contributed by atoms with van der Waals surface area (Å²) in [4.78, 5) is 0. The van der Waals surface area contributed by atoms with Crippen molar-refractivity contribution >= 4 is 11.8 Å². The van der Waals surface area contributed by atoms with Gasteiger partial charge in [-0.3, -0.25) is 0 Å². The first-order valence-corrected chi connectivity index (χ1v) is 7.54. The zero-order valence-electron chi connectivity index (χ0n) is 10.9. The number of benzene rings is 1. The minimum absolute atomic E-state index is 0.336. The number of rotatable bonds is 7. The summed E-state index contributed by atoms with van der Waals surface area (Å²) in [5.74, 6) is 1.54. The van der Waals surface area contributed by atoms with Crippen LogP contribution in [-0.4, -0.2) is 29.2 Å². The van der Waals surface area contributed by atoms with Gasteiger partial charge in [-0.1, -0.05) is 12.1 Å². The summed E-state index contributed by atoms with van der Waals surface area (Å²) >= 11 is 1.89. The topological polar surface area (TPSA) is 32.3 Å². The standard InChI is InChI=1S/C14H23NOS/c1-11(8-9-17-3)15-12(2)10-13-4-6-14(16)7-5-13/h4-7,11-12,15-16H,8-10H2,1-3H3. The predicted molar refractivity (Wildman–Crippen MR) is 76.9 cm³/mol. The van der Waals surface area contributed by atoms with E-state index in [1.54, 1.807) is 12.1 Å². The first-order chi connectivity index (χ1) is 8.11. The number of nitrogens with one attached hydrogen (secondary N) is 1. The van der Waals surface area contributed by atoms with Crippen LogP contribution in [0.2, 0.25) is 0 Å². The van der Waals surface area contributed by atoms with E-state index in [4.69, 9.17) is 0 Å². The van der Waals surface area contributed by atoms with Gasteiger partial charge in [0, 0.05) is 12.1 Å². The molecular weight excluding hydrogens is 230 g/mol. The minimum atomic E-state index is 0.336. The molecule has 3 heteroatoms. The molecule has 1 aromatic carbocycles. The van der Waals surface area contributed by atoms with Crippen molar-refractivity contribution in [1.29, 1.82) is 0 Å². The first kappa shape index (κ1) is 14.4. The fraction of sp³-hybridized carbons (Fsp3) is 0.571. The average molecular weight is 253 g/mol. The van der Waals surface area contributed by atoms with Crippen molar-refractivity contribution in [2.45, 2.75) is 38.8 Å². The number of aromatic hydroxyl groups is 1. The second-order valence-electron chi connectivity index (χ2n) is 4.62. The molecule has 0 aromatic heterocycles. The fourth-order valence-electron chi connectivity index (χ4n) is 1.91.